The summed E-state index contributed by atoms with van der Waals surface area (Å²) < 4.78 is 33.5. The zero-order chi connectivity index (χ0) is 22.0. The number of ether oxygens (including phenoxy) is 2. The minimum Gasteiger partial charge on any atom is -0.454 e. The van der Waals surface area contributed by atoms with Crippen molar-refractivity contribution in [1.29, 1.82) is 0 Å². The maximum absolute atomic E-state index is 12.6. The van der Waals surface area contributed by atoms with Gasteiger partial charge in [0.25, 0.3) is 0 Å². The second kappa shape index (κ2) is 8.83. The van der Waals surface area contributed by atoms with Crippen LogP contribution in [0.25, 0.3) is 0 Å². The number of nitrogens with zero attached hydrogens (tertiary/aromatic N) is 2. The highest BCUT2D eigenvalue weighted by molar-refractivity contribution is 7.89. The molecule has 0 aliphatic carbocycles. The summed E-state index contributed by atoms with van der Waals surface area (Å²) >= 11 is 0. The van der Waals surface area contributed by atoms with Gasteiger partial charge in [0.15, 0.2) is 11.5 Å². The average molecular weight is 447 g/mol. The monoisotopic (exact) mass is 446 g/mol. The number of hydrogen-bond donors (Lipinski definition) is 2. The Balaban J connectivity index is 1.27. The second-order valence-electron chi connectivity index (χ2n) is 7.73. The first-order valence-electron chi connectivity index (χ1n) is 10.1. The molecule has 31 heavy (non-hydrogen) atoms. The summed E-state index contributed by atoms with van der Waals surface area (Å²) in [6, 6.07) is 11.5. The molecule has 1 atom stereocenters. The molecule has 10 heteroatoms. The third-order valence-electron chi connectivity index (χ3n) is 5.63. The van der Waals surface area contributed by atoms with Crippen LogP contribution in [0.5, 0.6) is 11.5 Å². The van der Waals surface area contributed by atoms with Crippen molar-refractivity contribution in [3.05, 3.63) is 48.0 Å². The predicted molar refractivity (Wildman–Crippen MR) is 115 cm³/mol. The molecule has 2 aliphatic heterocycles. The number of carbonyl (C=O) groups is 1. The van der Waals surface area contributed by atoms with Crippen molar-refractivity contribution >= 4 is 21.6 Å². The molecular weight excluding hydrogens is 420 g/mol. The van der Waals surface area contributed by atoms with Crippen molar-refractivity contribution in [1.82, 2.24) is 9.80 Å². The third kappa shape index (κ3) is 5.16. The normalized spacial score (nSPS) is 18.0. The first kappa shape index (κ1) is 21.6. The van der Waals surface area contributed by atoms with Gasteiger partial charge in [0.2, 0.25) is 22.7 Å². The van der Waals surface area contributed by atoms with Crippen molar-refractivity contribution in [2.24, 2.45) is 5.14 Å². The van der Waals surface area contributed by atoms with Gasteiger partial charge in [-0.1, -0.05) is 6.07 Å². The molecule has 0 spiro atoms. The van der Waals surface area contributed by atoms with Crippen LogP contribution in [-0.4, -0.2) is 63.1 Å². The summed E-state index contributed by atoms with van der Waals surface area (Å²) in [7, 11) is -3.75. The number of piperazine rings is 1. The SMILES string of the molecule is C[C@H](C(=O)Nc1ccc(S(N)(=O)=O)cc1)N1CCN(Cc2ccc3c(c2)OCO3)CC1. The highest BCUT2D eigenvalue weighted by Gasteiger charge is 2.26. The van der Waals surface area contributed by atoms with Crippen LogP contribution in [0.3, 0.4) is 0 Å². The smallest absolute Gasteiger partial charge is 0.241 e. The Morgan fingerprint density at radius 2 is 1.74 bits per heavy atom. The fraction of sp³-hybridized carbons (Fsp3) is 0.381. The van der Waals surface area contributed by atoms with Crippen LogP contribution < -0.4 is 19.9 Å². The first-order chi connectivity index (χ1) is 14.8. The summed E-state index contributed by atoms with van der Waals surface area (Å²) in [6.07, 6.45) is 0. The number of fused-ring (bicyclic) bond motifs is 1. The molecule has 0 bridgehead atoms. The van der Waals surface area contributed by atoms with E-state index in [1.807, 2.05) is 19.1 Å². The van der Waals surface area contributed by atoms with E-state index in [-0.39, 0.29) is 23.6 Å². The minimum atomic E-state index is -3.75. The second-order valence-corrected chi connectivity index (χ2v) is 9.30. The molecule has 2 aromatic rings. The maximum Gasteiger partial charge on any atom is 0.241 e. The average Bonchev–Trinajstić information content (AvgIpc) is 3.21. The van der Waals surface area contributed by atoms with Gasteiger partial charge in [-0.05, 0) is 48.9 Å². The van der Waals surface area contributed by atoms with Crippen molar-refractivity contribution in [3.63, 3.8) is 0 Å². The molecule has 9 nitrogen and oxygen atoms in total. The van der Waals surface area contributed by atoms with E-state index in [1.165, 1.54) is 29.8 Å². The first-order valence-corrected chi connectivity index (χ1v) is 11.6. The molecule has 1 fully saturated rings. The summed E-state index contributed by atoms with van der Waals surface area (Å²) in [4.78, 5) is 17.1. The van der Waals surface area contributed by atoms with Gasteiger partial charge in [-0.3, -0.25) is 14.6 Å². The maximum atomic E-state index is 12.6. The number of anilines is 1. The minimum absolute atomic E-state index is 0.0112. The van der Waals surface area contributed by atoms with Gasteiger partial charge in [-0.15, -0.1) is 0 Å². The highest BCUT2D eigenvalue weighted by Crippen LogP contribution is 2.32. The van der Waals surface area contributed by atoms with Crippen molar-refractivity contribution < 1.29 is 22.7 Å². The molecule has 1 saturated heterocycles. The zero-order valence-electron chi connectivity index (χ0n) is 17.3. The Bertz CT molecular complexity index is 1050. The Hall–Kier alpha value is -2.66. The summed E-state index contributed by atoms with van der Waals surface area (Å²) in [6.45, 7) is 6.24. The van der Waals surface area contributed by atoms with Crippen LogP contribution in [0.4, 0.5) is 5.69 Å². The van der Waals surface area contributed by atoms with Gasteiger partial charge in [0.1, 0.15) is 0 Å². The van der Waals surface area contributed by atoms with Gasteiger partial charge < -0.3 is 14.8 Å². The lowest BCUT2D eigenvalue weighted by Gasteiger charge is -2.37. The molecule has 166 valence electrons. The van der Waals surface area contributed by atoms with Crippen molar-refractivity contribution in [2.75, 3.05) is 38.3 Å². The van der Waals surface area contributed by atoms with Crippen LogP contribution in [-0.2, 0) is 21.4 Å². The fourth-order valence-corrected chi connectivity index (χ4v) is 4.26. The Labute approximate surface area is 181 Å². The summed E-state index contributed by atoms with van der Waals surface area (Å²) in [5.41, 5.74) is 1.71. The van der Waals surface area contributed by atoms with E-state index in [0.29, 0.717) is 5.69 Å². The number of sulfonamides is 1. The molecule has 0 aromatic heterocycles. The Morgan fingerprint density at radius 1 is 1.06 bits per heavy atom. The molecule has 0 saturated carbocycles. The molecular formula is C21H26N4O5S. The van der Waals surface area contributed by atoms with Gasteiger partial charge in [-0.2, -0.15) is 0 Å². The third-order valence-corrected chi connectivity index (χ3v) is 6.56. The quantitative estimate of drug-likeness (QED) is 0.685. The lowest BCUT2D eigenvalue weighted by molar-refractivity contribution is -0.121. The zero-order valence-corrected chi connectivity index (χ0v) is 18.1. The molecule has 0 unspecified atom stereocenters. The molecule has 2 aliphatic rings. The Kier molecular flexibility index (Phi) is 6.15. The summed E-state index contributed by atoms with van der Waals surface area (Å²) in [5.74, 6) is 1.44. The standard InChI is InChI=1S/C21H26N4O5S/c1-15(21(26)23-17-3-5-18(6-4-17)31(22,27)28)25-10-8-24(9-11-25)13-16-2-7-19-20(12-16)30-14-29-19/h2-7,12,15H,8-11,13-14H2,1H3,(H,23,26)(H2,22,27,28)/t15-/m1/s1. The van der Waals surface area contributed by atoms with Crippen LogP contribution in [0, 0.1) is 0 Å². The lowest BCUT2D eigenvalue weighted by Crippen LogP contribution is -2.52. The van der Waals surface area contributed by atoms with Crippen LogP contribution in [0.1, 0.15) is 12.5 Å². The van der Waals surface area contributed by atoms with E-state index in [0.717, 1.165) is 44.2 Å². The summed E-state index contributed by atoms with van der Waals surface area (Å²) in [5, 5.41) is 7.94. The lowest BCUT2D eigenvalue weighted by atomic mass is 10.1. The number of carbonyl (C=O) groups excluding carboxylic acids is 1. The number of primary sulfonamides is 1. The molecule has 2 aromatic carbocycles. The fourth-order valence-electron chi connectivity index (χ4n) is 3.75. The van der Waals surface area contributed by atoms with E-state index in [2.05, 4.69) is 21.2 Å². The topological polar surface area (TPSA) is 114 Å². The van der Waals surface area contributed by atoms with Crippen LogP contribution in [0.2, 0.25) is 0 Å². The van der Waals surface area contributed by atoms with E-state index in [4.69, 9.17) is 14.6 Å². The molecule has 4 rings (SSSR count). The van der Waals surface area contributed by atoms with Crippen molar-refractivity contribution in [3.8, 4) is 11.5 Å². The van der Waals surface area contributed by atoms with E-state index < -0.39 is 10.0 Å². The number of hydrogen-bond acceptors (Lipinski definition) is 7. The van der Waals surface area contributed by atoms with Crippen LogP contribution in [0.15, 0.2) is 47.4 Å². The number of nitrogens with two attached hydrogens (primary N) is 1. The van der Waals surface area contributed by atoms with Gasteiger partial charge in [-0.25, -0.2) is 13.6 Å². The number of benzene rings is 2. The molecule has 0 radical (unpaired) electrons. The van der Waals surface area contributed by atoms with E-state index >= 15 is 0 Å². The molecule has 2 heterocycles. The molecule has 3 N–H and O–H groups in total. The predicted octanol–water partition coefficient (Wildman–Crippen LogP) is 1.21. The van der Waals surface area contributed by atoms with Gasteiger partial charge in [0.05, 0.1) is 10.9 Å². The largest absolute Gasteiger partial charge is 0.454 e. The van der Waals surface area contributed by atoms with E-state index in [1.54, 1.807) is 0 Å². The molecule has 1 amide bonds. The number of amides is 1. The van der Waals surface area contributed by atoms with E-state index in [9.17, 15) is 13.2 Å². The van der Waals surface area contributed by atoms with Crippen LogP contribution >= 0.6 is 0 Å². The number of rotatable bonds is 6. The van der Waals surface area contributed by atoms with Gasteiger partial charge >= 0.3 is 0 Å². The highest BCUT2D eigenvalue weighted by atomic mass is 32.2. The number of nitrogens with one attached hydrogen (secondary N) is 1. The van der Waals surface area contributed by atoms with Crippen molar-refractivity contribution in [2.45, 2.75) is 24.4 Å². The van der Waals surface area contributed by atoms with Gasteiger partial charge in [0, 0.05) is 38.4 Å². The Morgan fingerprint density at radius 3 is 2.42 bits per heavy atom.